The minimum Gasteiger partial charge on any atom is -0.391 e. The summed E-state index contributed by atoms with van der Waals surface area (Å²) >= 11 is 0. The van der Waals surface area contributed by atoms with Crippen LogP contribution in [-0.2, 0) is 13.0 Å². The monoisotopic (exact) mass is 386 g/mol. The molecule has 2 atom stereocenters. The number of likely N-dealkylation sites (tertiary alicyclic amines) is 1. The fraction of sp³-hybridized carbons (Fsp3) is 0.261. The third kappa shape index (κ3) is 3.77. The van der Waals surface area contributed by atoms with Gasteiger partial charge in [0.25, 0.3) is 5.89 Å². The second-order valence-corrected chi connectivity index (χ2v) is 7.59. The van der Waals surface area contributed by atoms with Crippen molar-refractivity contribution < 1.29 is 9.63 Å². The molecule has 2 aromatic carbocycles. The molecule has 1 aliphatic rings. The second-order valence-electron chi connectivity index (χ2n) is 7.59. The van der Waals surface area contributed by atoms with E-state index in [1.165, 1.54) is 5.56 Å². The number of aliphatic hydroxyl groups excluding tert-OH is 1. The molecule has 0 saturated carbocycles. The first-order chi connectivity index (χ1) is 14.3. The fourth-order valence-corrected chi connectivity index (χ4v) is 4.10. The molecular weight excluding hydrogens is 364 g/mol. The zero-order valence-corrected chi connectivity index (χ0v) is 16.0. The highest BCUT2D eigenvalue weighted by Gasteiger charge is 2.32. The summed E-state index contributed by atoms with van der Waals surface area (Å²) in [7, 11) is 0. The minimum atomic E-state index is -0.373. The van der Waals surface area contributed by atoms with Gasteiger partial charge in [0.05, 0.1) is 18.2 Å². The normalized spacial score (nSPS) is 19.8. The maximum Gasteiger partial charge on any atom is 0.257 e. The molecule has 1 saturated heterocycles. The van der Waals surface area contributed by atoms with Crippen LogP contribution in [0.4, 0.5) is 0 Å². The maximum atomic E-state index is 10.6. The number of β-amino-alcohol motifs (C(OH)–C–C–N with tert-alkyl or cyclic N) is 1. The molecule has 2 aromatic heterocycles. The van der Waals surface area contributed by atoms with Crippen LogP contribution in [0, 0.1) is 5.92 Å². The Bertz CT molecular complexity index is 1110. The minimum absolute atomic E-state index is 0.168. The Morgan fingerprint density at radius 1 is 1.00 bits per heavy atom. The van der Waals surface area contributed by atoms with E-state index in [-0.39, 0.29) is 12.0 Å². The highest BCUT2D eigenvalue weighted by atomic mass is 16.5. The first-order valence-electron chi connectivity index (χ1n) is 9.87. The lowest BCUT2D eigenvalue weighted by Gasteiger charge is -2.15. The summed E-state index contributed by atoms with van der Waals surface area (Å²) in [5, 5.41) is 15.9. The van der Waals surface area contributed by atoms with Gasteiger partial charge < -0.3 is 9.63 Å². The first kappa shape index (κ1) is 18.0. The van der Waals surface area contributed by atoms with Crippen LogP contribution >= 0.6 is 0 Å². The Morgan fingerprint density at radius 2 is 1.83 bits per heavy atom. The molecule has 0 spiro atoms. The summed E-state index contributed by atoms with van der Waals surface area (Å²) in [6.07, 6.45) is 2.30. The second kappa shape index (κ2) is 7.73. The van der Waals surface area contributed by atoms with E-state index >= 15 is 0 Å². The SMILES string of the molecule is O[C@H]1CN(Cc2noc(-c3ccccc3)n2)C[C@H]1Cc1ccnc2ccccc12. The quantitative estimate of drug-likeness (QED) is 0.567. The zero-order valence-electron chi connectivity index (χ0n) is 16.0. The molecule has 0 aliphatic carbocycles. The van der Waals surface area contributed by atoms with Crippen molar-refractivity contribution in [2.75, 3.05) is 13.1 Å². The van der Waals surface area contributed by atoms with E-state index in [2.05, 4.69) is 32.2 Å². The highest BCUT2D eigenvalue weighted by molar-refractivity contribution is 5.81. The first-order valence-corrected chi connectivity index (χ1v) is 9.87. The van der Waals surface area contributed by atoms with Gasteiger partial charge in [0, 0.05) is 36.2 Å². The Kier molecular flexibility index (Phi) is 4.79. The highest BCUT2D eigenvalue weighted by Crippen LogP contribution is 2.26. The summed E-state index contributed by atoms with van der Waals surface area (Å²) in [4.78, 5) is 11.1. The van der Waals surface area contributed by atoms with Crippen LogP contribution in [0.3, 0.4) is 0 Å². The molecular formula is C23H22N4O2. The molecule has 1 aliphatic heterocycles. The third-order valence-corrected chi connectivity index (χ3v) is 5.56. The van der Waals surface area contributed by atoms with Crippen LogP contribution in [0.5, 0.6) is 0 Å². The Hall–Kier alpha value is -3.09. The molecule has 1 fully saturated rings. The summed E-state index contributed by atoms with van der Waals surface area (Å²) in [5.74, 6) is 1.34. The molecule has 0 unspecified atom stereocenters. The van der Waals surface area contributed by atoms with Gasteiger partial charge in [-0.1, -0.05) is 41.6 Å². The molecule has 0 radical (unpaired) electrons. The van der Waals surface area contributed by atoms with E-state index in [1.54, 1.807) is 0 Å². The summed E-state index contributed by atoms with van der Waals surface area (Å²) < 4.78 is 5.40. The van der Waals surface area contributed by atoms with Crippen molar-refractivity contribution in [1.82, 2.24) is 20.0 Å². The summed E-state index contributed by atoms with van der Waals surface area (Å²) in [6, 6.07) is 20.0. The number of para-hydroxylation sites is 1. The van der Waals surface area contributed by atoms with Crippen LogP contribution in [0.2, 0.25) is 0 Å². The molecule has 1 N–H and O–H groups in total. The smallest absolute Gasteiger partial charge is 0.257 e. The van der Waals surface area contributed by atoms with Crippen molar-refractivity contribution in [3.63, 3.8) is 0 Å². The van der Waals surface area contributed by atoms with Gasteiger partial charge in [0.1, 0.15) is 0 Å². The van der Waals surface area contributed by atoms with Gasteiger partial charge in [-0.2, -0.15) is 4.98 Å². The number of hydrogen-bond acceptors (Lipinski definition) is 6. The lowest BCUT2D eigenvalue weighted by atomic mass is 9.94. The van der Waals surface area contributed by atoms with E-state index in [1.807, 2.05) is 54.7 Å². The zero-order chi connectivity index (χ0) is 19.6. The third-order valence-electron chi connectivity index (χ3n) is 5.56. The van der Waals surface area contributed by atoms with Crippen LogP contribution in [0.1, 0.15) is 11.4 Å². The van der Waals surface area contributed by atoms with Crippen molar-refractivity contribution in [1.29, 1.82) is 0 Å². The van der Waals surface area contributed by atoms with Gasteiger partial charge in [-0.3, -0.25) is 9.88 Å². The van der Waals surface area contributed by atoms with E-state index in [0.717, 1.165) is 29.4 Å². The van der Waals surface area contributed by atoms with E-state index < -0.39 is 0 Å². The molecule has 4 aromatic rings. The van der Waals surface area contributed by atoms with Gasteiger partial charge in [-0.25, -0.2) is 0 Å². The molecule has 29 heavy (non-hydrogen) atoms. The average molecular weight is 386 g/mol. The predicted molar refractivity (Wildman–Crippen MR) is 110 cm³/mol. The summed E-state index contributed by atoms with van der Waals surface area (Å²) in [6.45, 7) is 1.98. The maximum absolute atomic E-state index is 10.6. The molecule has 6 heteroatoms. The standard InChI is InChI=1S/C23H22N4O2/c28-21-14-27(15-22-25-23(29-26-22)16-6-2-1-3-7-16)13-18(21)12-17-10-11-24-20-9-5-4-8-19(17)20/h1-11,18,21,28H,12-15H2/t18-,21+/m1/s1. The van der Waals surface area contributed by atoms with E-state index in [0.29, 0.717) is 24.8 Å². The molecule has 3 heterocycles. The number of benzene rings is 2. The van der Waals surface area contributed by atoms with E-state index in [4.69, 9.17) is 4.52 Å². The number of rotatable bonds is 5. The van der Waals surface area contributed by atoms with Crippen LogP contribution < -0.4 is 0 Å². The predicted octanol–water partition coefficient (Wildman–Crippen LogP) is 3.32. The Morgan fingerprint density at radius 3 is 2.72 bits per heavy atom. The molecule has 5 rings (SSSR count). The van der Waals surface area contributed by atoms with Crippen molar-refractivity contribution in [2.45, 2.75) is 19.1 Å². The Labute approximate surface area is 168 Å². The van der Waals surface area contributed by atoms with Gasteiger partial charge in [0.2, 0.25) is 0 Å². The van der Waals surface area contributed by atoms with Crippen LogP contribution in [-0.4, -0.2) is 44.3 Å². The van der Waals surface area contributed by atoms with Crippen molar-refractivity contribution in [3.05, 3.63) is 78.2 Å². The van der Waals surface area contributed by atoms with Crippen molar-refractivity contribution in [3.8, 4) is 11.5 Å². The van der Waals surface area contributed by atoms with Crippen molar-refractivity contribution >= 4 is 10.9 Å². The number of fused-ring (bicyclic) bond motifs is 1. The number of nitrogens with zero attached hydrogens (tertiary/aromatic N) is 4. The number of aliphatic hydroxyl groups is 1. The molecule has 146 valence electrons. The van der Waals surface area contributed by atoms with Crippen LogP contribution in [0.25, 0.3) is 22.4 Å². The number of hydrogen-bond donors (Lipinski definition) is 1. The lowest BCUT2D eigenvalue weighted by molar-refractivity contribution is 0.141. The average Bonchev–Trinajstić information content (AvgIpc) is 3.36. The number of aromatic nitrogens is 3. The van der Waals surface area contributed by atoms with Gasteiger partial charge in [-0.15, -0.1) is 0 Å². The largest absolute Gasteiger partial charge is 0.391 e. The molecule has 6 nitrogen and oxygen atoms in total. The van der Waals surface area contributed by atoms with Gasteiger partial charge >= 0.3 is 0 Å². The number of pyridine rings is 1. The Balaban J connectivity index is 1.27. The van der Waals surface area contributed by atoms with Crippen molar-refractivity contribution in [2.24, 2.45) is 5.92 Å². The summed E-state index contributed by atoms with van der Waals surface area (Å²) in [5.41, 5.74) is 3.14. The molecule has 0 amide bonds. The molecule has 0 bridgehead atoms. The van der Waals surface area contributed by atoms with Gasteiger partial charge in [0.15, 0.2) is 5.82 Å². The van der Waals surface area contributed by atoms with Gasteiger partial charge in [-0.05, 0) is 36.2 Å². The topological polar surface area (TPSA) is 75.3 Å². The fourth-order valence-electron chi connectivity index (χ4n) is 4.10. The van der Waals surface area contributed by atoms with Crippen LogP contribution in [0.15, 0.2) is 71.4 Å². The van der Waals surface area contributed by atoms with E-state index in [9.17, 15) is 5.11 Å². The lowest BCUT2D eigenvalue weighted by Crippen LogP contribution is -2.22.